The molecule has 0 bridgehead atoms. The molecule has 2 aromatic rings. The minimum Gasteiger partial charge on any atom is -0.455 e. The van der Waals surface area contributed by atoms with Crippen LogP contribution in [0.25, 0.3) is 0 Å². The van der Waals surface area contributed by atoms with Crippen molar-refractivity contribution in [1.29, 1.82) is 0 Å². The van der Waals surface area contributed by atoms with Gasteiger partial charge in [0.05, 0.1) is 9.50 Å². The van der Waals surface area contributed by atoms with Crippen LogP contribution in [-0.2, 0) is 5.33 Å². The SMILES string of the molecule is Fc1cc(Oc2c(Cl)cccc2CBr)ccc1Br. The van der Waals surface area contributed by atoms with E-state index >= 15 is 0 Å². The van der Waals surface area contributed by atoms with Gasteiger partial charge in [0.2, 0.25) is 0 Å². The molecule has 0 spiro atoms. The van der Waals surface area contributed by atoms with Gasteiger partial charge in [0.15, 0.2) is 0 Å². The zero-order valence-corrected chi connectivity index (χ0v) is 13.0. The third-order valence-electron chi connectivity index (χ3n) is 2.30. The highest BCUT2D eigenvalue weighted by Crippen LogP contribution is 2.34. The maximum absolute atomic E-state index is 13.4. The number of rotatable bonds is 3. The van der Waals surface area contributed by atoms with Crippen molar-refractivity contribution in [2.45, 2.75) is 5.33 Å². The van der Waals surface area contributed by atoms with E-state index < -0.39 is 0 Å². The first-order valence-corrected chi connectivity index (χ1v) is 7.37. The van der Waals surface area contributed by atoms with E-state index in [1.165, 1.54) is 6.07 Å². The molecule has 0 aliphatic rings. The molecule has 0 saturated carbocycles. The van der Waals surface area contributed by atoms with E-state index in [1.54, 1.807) is 18.2 Å². The zero-order chi connectivity index (χ0) is 13.1. The summed E-state index contributed by atoms with van der Waals surface area (Å²) in [6.07, 6.45) is 0. The lowest BCUT2D eigenvalue weighted by atomic mass is 10.2. The Balaban J connectivity index is 2.36. The number of benzene rings is 2. The maximum Gasteiger partial charge on any atom is 0.150 e. The monoisotopic (exact) mass is 392 g/mol. The second kappa shape index (κ2) is 6.04. The average molecular weight is 394 g/mol. The Labute approximate surface area is 126 Å². The highest BCUT2D eigenvalue weighted by molar-refractivity contribution is 9.10. The van der Waals surface area contributed by atoms with Gasteiger partial charge in [-0.25, -0.2) is 4.39 Å². The third-order valence-corrected chi connectivity index (χ3v) is 3.85. The van der Waals surface area contributed by atoms with Crippen LogP contribution in [0, 0.1) is 5.82 Å². The molecule has 0 saturated heterocycles. The Morgan fingerprint density at radius 1 is 1.22 bits per heavy atom. The molecule has 2 rings (SSSR count). The topological polar surface area (TPSA) is 9.23 Å². The van der Waals surface area contributed by atoms with E-state index in [4.69, 9.17) is 16.3 Å². The predicted molar refractivity (Wildman–Crippen MR) is 78.3 cm³/mol. The summed E-state index contributed by atoms with van der Waals surface area (Å²) in [6.45, 7) is 0. The van der Waals surface area contributed by atoms with Gasteiger partial charge in [0, 0.05) is 17.0 Å². The zero-order valence-electron chi connectivity index (χ0n) is 9.09. The van der Waals surface area contributed by atoms with E-state index in [9.17, 15) is 4.39 Å². The molecule has 0 N–H and O–H groups in total. The first kappa shape index (κ1) is 13.8. The van der Waals surface area contributed by atoms with Crippen molar-refractivity contribution >= 4 is 43.5 Å². The Morgan fingerprint density at radius 3 is 2.67 bits per heavy atom. The fourth-order valence-electron chi connectivity index (χ4n) is 1.43. The number of ether oxygens (including phenoxy) is 1. The minimum absolute atomic E-state index is 0.375. The summed E-state index contributed by atoms with van der Waals surface area (Å²) < 4.78 is 19.4. The van der Waals surface area contributed by atoms with Crippen molar-refractivity contribution in [2.24, 2.45) is 0 Å². The smallest absolute Gasteiger partial charge is 0.150 e. The molecule has 0 aliphatic heterocycles. The van der Waals surface area contributed by atoms with Crippen LogP contribution in [-0.4, -0.2) is 0 Å². The number of hydrogen-bond acceptors (Lipinski definition) is 1. The summed E-state index contributed by atoms with van der Waals surface area (Å²) in [7, 11) is 0. The normalized spacial score (nSPS) is 10.4. The first-order valence-electron chi connectivity index (χ1n) is 5.08. The predicted octanol–water partition coefficient (Wildman–Crippen LogP) is 5.93. The van der Waals surface area contributed by atoms with Crippen LogP contribution >= 0.6 is 43.5 Å². The van der Waals surface area contributed by atoms with Gasteiger partial charge in [-0.1, -0.05) is 39.7 Å². The standard InChI is InChI=1S/C13H8Br2ClFO/c14-7-8-2-1-3-11(16)13(8)18-9-4-5-10(15)12(17)6-9/h1-6H,7H2. The molecule has 0 aromatic heterocycles. The van der Waals surface area contributed by atoms with Crippen molar-refractivity contribution in [3.63, 3.8) is 0 Å². The fourth-order valence-corrected chi connectivity index (χ4v) is 2.35. The fraction of sp³-hybridized carbons (Fsp3) is 0.0769. The van der Waals surface area contributed by atoms with E-state index in [0.29, 0.717) is 26.3 Å². The number of para-hydroxylation sites is 1. The van der Waals surface area contributed by atoms with Gasteiger partial charge >= 0.3 is 0 Å². The molecular formula is C13H8Br2ClFO. The summed E-state index contributed by atoms with van der Waals surface area (Å²) in [5.74, 6) is 0.573. The summed E-state index contributed by atoms with van der Waals surface area (Å²) >= 11 is 12.5. The lowest BCUT2D eigenvalue weighted by molar-refractivity contribution is 0.472. The Bertz CT molecular complexity index is 575. The molecule has 0 aliphatic carbocycles. The Kier molecular flexibility index (Phi) is 4.65. The minimum atomic E-state index is -0.375. The van der Waals surface area contributed by atoms with Crippen LogP contribution in [0.5, 0.6) is 11.5 Å². The molecule has 0 amide bonds. The van der Waals surface area contributed by atoms with E-state index in [2.05, 4.69) is 31.9 Å². The van der Waals surface area contributed by atoms with Crippen molar-refractivity contribution < 1.29 is 9.13 Å². The molecule has 18 heavy (non-hydrogen) atoms. The molecule has 0 unspecified atom stereocenters. The largest absolute Gasteiger partial charge is 0.455 e. The summed E-state index contributed by atoms with van der Waals surface area (Å²) in [6, 6.07) is 10.0. The van der Waals surface area contributed by atoms with Crippen LogP contribution in [0.3, 0.4) is 0 Å². The van der Waals surface area contributed by atoms with Crippen molar-refractivity contribution in [3.8, 4) is 11.5 Å². The summed E-state index contributed by atoms with van der Waals surface area (Å²) in [5.41, 5.74) is 0.908. The molecule has 94 valence electrons. The second-order valence-corrected chi connectivity index (χ2v) is 5.36. The van der Waals surface area contributed by atoms with Crippen molar-refractivity contribution in [3.05, 3.63) is 57.3 Å². The number of halogens is 4. The average Bonchev–Trinajstić information content (AvgIpc) is 2.36. The molecule has 0 atom stereocenters. The van der Waals surface area contributed by atoms with Gasteiger partial charge in [0.1, 0.15) is 17.3 Å². The summed E-state index contributed by atoms with van der Waals surface area (Å²) in [5, 5.41) is 1.11. The molecular weight excluding hydrogens is 386 g/mol. The Hall–Kier alpha value is -0.580. The highest BCUT2D eigenvalue weighted by Gasteiger charge is 2.10. The van der Waals surface area contributed by atoms with E-state index in [1.807, 2.05) is 12.1 Å². The van der Waals surface area contributed by atoms with Gasteiger partial charge in [-0.3, -0.25) is 0 Å². The maximum atomic E-state index is 13.4. The Morgan fingerprint density at radius 2 is 2.00 bits per heavy atom. The quantitative estimate of drug-likeness (QED) is 0.587. The van der Waals surface area contributed by atoms with Gasteiger partial charge in [0.25, 0.3) is 0 Å². The molecule has 1 nitrogen and oxygen atoms in total. The number of alkyl halides is 1. The van der Waals surface area contributed by atoms with Crippen LogP contribution in [0.4, 0.5) is 4.39 Å². The van der Waals surface area contributed by atoms with Gasteiger partial charge in [-0.05, 0) is 34.1 Å². The highest BCUT2D eigenvalue weighted by atomic mass is 79.9. The summed E-state index contributed by atoms with van der Waals surface area (Å²) in [4.78, 5) is 0. The first-order chi connectivity index (χ1) is 8.61. The molecule has 0 fully saturated rings. The van der Waals surface area contributed by atoms with Crippen molar-refractivity contribution in [2.75, 3.05) is 0 Å². The van der Waals surface area contributed by atoms with Gasteiger partial charge in [-0.15, -0.1) is 0 Å². The van der Waals surface area contributed by atoms with Crippen LogP contribution in [0.1, 0.15) is 5.56 Å². The third kappa shape index (κ3) is 3.05. The van der Waals surface area contributed by atoms with Crippen LogP contribution in [0.2, 0.25) is 5.02 Å². The molecule has 2 aromatic carbocycles. The van der Waals surface area contributed by atoms with E-state index in [0.717, 1.165) is 5.56 Å². The van der Waals surface area contributed by atoms with Crippen LogP contribution in [0.15, 0.2) is 40.9 Å². The molecule has 0 radical (unpaired) electrons. The van der Waals surface area contributed by atoms with Crippen LogP contribution < -0.4 is 4.74 Å². The second-order valence-electron chi connectivity index (χ2n) is 3.54. The van der Waals surface area contributed by atoms with Gasteiger partial charge in [-0.2, -0.15) is 0 Å². The lowest BCUT2D eigenvalue weighted by Gasteiger charge is -2.11. The van der Waals surface area contributed by atoms with E-state index in [-0.39, 0.29) is 5.82 Å². The number of hydrogen-bond donors (Lipinski definition) is 0. The molecule has 5 heteroatoms. The van der Waals surface area contributed by atoms with Crippen molar-refractivity contribution in [1.82, 2.24) is 0 Å². The van der Waals surface area contributed by atoms with Gasteiger partial charge < -0.3 is 4.74 Å². The lowest BCUT2D eigenvalue weighted by Crippen LogP contribution is -1.91. The molecule has 0 heterocycles.